The van der Waals surface area contributed by atoms with E-state index in [4.69, 9.17) is 9.47 Å². The van der Waals surface area contributed by atoms with Gasteiger partial charge in [-0.1, -0.05) is 18.2 Å². The minimum atomic E-state index is -4.76. The number of carbonyl (C=O) groups excluding carboxylic acids is 2. The van der Waals surface area contributed by atoms with Gasteiger partial charge in [-0.3, -0.25) is 9.59 Å². The van der Waals surface area contributed by atoms with E-state index >= 15 is 0 Å². The summed E-state index contributed by atoms with van der Waals surface area (Å²) < 4.78 is 51.8. The Hall–Kier alpha value is -3.69. The first-order valence-electron chi connectivity index (χ1n) is 12.6. The fraction of sp³-hybridized carbons (Fsp3) is 0.429. The second-order valence-corrected chi connectivity index (χ2v) is 9.50. The van der Waals surface area contributed by atoms with Crippen molar-refractivity contribution in [3.8, 4) is 17.2 Å². The van der Waals surface area contributed by atoms with Gasteiger partial charge in [-0.15, -0.1) is 13.2 Å². The van der Waals surface area contributed by atoms with Crippen LogP contribution in [0.15, 0.2) is 54.6 Å². The maximum absolute atomic E-state index is 12.8. The SMILES string of the molecule is CCOc1ccccc1/C=C/C(=O)N1CCC2(CC1)CCN(C(=O)COc1ccc(OC(F)(F)F)cc1)C2. The zero-order valence-corrected chi connectivity index (χ0v) is 21.2. The lowest BCUT2D eigenvalue weighted by atomic mass is 9.78. The van der Waals surface area contributed by atoms with Gasteiger partial charge in [0, 0.05) is 37.8 Å². The fourth-order valence-electron chi connectivity index (χ4n) is 4.90. The van der Waals surface area contributed by atoms with Gasteiger partial charge in [0.2, 0.25) is 5.91 Å². The molecule has 2 fully saturated rings. The molecule has 1 spiro atoms. The smallest absolute Gasteiger partial charge is 0.493 e. The van der Waals surface area contributed by atoms with Crippen molar-refractivity contribution >= 4 is 17.9 Å². The summed E-state index contributed by atoms with van der Waals surface area (Å²) in [6.45, 7) is 4.73. The standard InChI is InChI=1S/C28H31F3N2O5/c1-2-36-24-6-4-3-5-21(24)7-12-25(34)32-16-13-27(14-17-32)15-18-33(20-27)26(35)19-37-22-8-10-23(11-9-22)38-28(29,30)31/h3-12H,2,13-20H2,1H3/b12-7+. The van der Waals surface area contributed by atoms with Gasteiger partial charge in [-0.2, -0.15) is 0 Å². The third kappa shape index (κ3) is 7.20. The lowest BCUT2D eigenvalue weighted by Crippen LogP contribution is -2.44. The van der Waals surface area contributed by atoms with Crippen LogP contribution in [0.4, 0.5) is 13.2 Å². The molecule has 2 saturated heterocycles. The van der Waals surface area contributed by atoms with Crippen molar-refractivity contribution < 1.29 is 37.0 Å². The number of piperidine rings is 1. The Bertz CT molecular complexity index is 1140. The highest BCUT2D eigenvalue weighted by atomic mass is 19.4. The molecule has 0 radical (unpaired) electrons. The second-order valence-electron chi connectivity index (χ2n) is 9.50. The van der Waals surface area contributed by atoms with Gasteiger partial charge in [-0.05, 0) is 68.0 Å². The van der Waals surface area contributed by atoms with Crippen LogP contribution < -0.4 is 14.2 Å². The number of amides is 2. The molecule has 0 N–H and O–H groups in total. The van der Waals surface area contributed by atoms with Crippen molar-refractivity contribution in [1.82, 2.24) is 9.80 Å². The molecule has 7 nitrogen and oxygen atoms in total. The van der Waals surface area contributed by atoms with E-state index in [0.717, 1.165) is 42.7 Å². The lowest BCUT2D eigenvalue weighted by molar-refractivity contribution is -0.274. The Morgan fingerprint density at radius 2 is 1.55 bits per heavy atom. The van der Waals surface area contributed by atoms with Gasteiger partial charge in [0.1, 0.15) is 17.2 Å². The average Bonchev–Trinajstić information content (AvgIpc) is 3.30. The summed E-state index contributed by atoms with van der Waals surface area (Å²) in [5, 5.41) is 0. The number of alkyl halides is 3. The molecule has 0 bridgehead atoms. The Balaban J connectivity index is 1.23. The maximum atomic E-state index is 12.8. The molecular formula is C28H31F3N2O5. The summed E-state index contributed by atoms with van der Waals surface area (Å²) >= 11 is 0. The number of para-hydroxylation sites is 1. The number of nitrogens with zero attached hydrogens (tertiary/aromatic N) is 2. The van der Waals surface area contributed by atoms with Crippen molar-refractivity contribution in [3.63, 3.8) is 0 Å². The van der Waals surface area contributed by atoms with Gasteiger partial charge in [-0.25, -0.2) is 0 Å². The largest absolute Gasteiger partial charge is 0.573 e. The predicted octanol–water partition coefficient (Wildman–Crippen LogP) is 4.92. The van der Waals surface area contributed by atoms with Crippen molar-refractivity contribution in [3.05, 3.63) is 60.2 Å². The number of ether oxygens (including phenoxy) is 3. The summed E-state index contributed by atoms with van der Waals surface area (Å²) in [5.41, 5.74) is 0.836. The molecule has 2 aromatic carbocycles. The van der Waals surface area contributed by atoms with E-state index in [9.17, 15) is 22.8 Å². The van der Waals surface area contributed by atoms with Crippen LogP contribution in [0.3, 0.4) is 0 Å². The fourth-order valence-corrected chi connectivity index (χ4v) is 4.90. The Kier molecular flexibility index (Phi) is 8.48. The molecule has 38 heavy (non-hydrogen) atoms. The lowest BCUT2D eigenvalue weighted by Gasteiger charge is -2.38. The summed E-state index contributed by atoms with van der Waals surface area (Å²) in [6.07, 6.45) is 1.09. The monoisotopic (exact) mass is 532 g/mol. The van der Waals surface area contributed by atoms with Crippen LogP contribution in [0.1, 0.15) is 31.7 Å². The Labute approximate surface area is 219 Å². The number of benzene rings is 2. The highest BCUT2D eigenvalue weighted by Crippen LogP contribution is 2.40. The summed E-state index contributed by atoms with van der Waals surface area (Å²) in [5.74, 6) is 0.451. The number of carbonyl (C=O) groups is 2. The minimum Gasteiger partial charge on any atom is -0.493 e. The van der Waals surface area contributed by atoms with Crippen LogP contribution in [0, 0.1) is 5.41 Å². The number of hydrogen-bond donors (Lipinski definition) is 0. The first-order valence-corrected chi connectivity index (χ1v) is 12.6. The van der Waals surface area contributed by atoms with Crippen molar-refractivity contribution in [1.29, 1.82) is 0 Å². The van der Waals surface area contributed by atoms with Crippen molar-refractivity contribution in [2.24, 2.45) is 5.41 Å². The Morgan fingerprint density at radius 3 is 2.21 bits per heavy atom. The quantitative estimate of drug-likeness (QED) is 0.452. The van der Waals surface area contributed by atoms with Crippen molar-refractivity contribution in [2.75, 3.05) is 39.4 Å². The van der Waals surface area contributed by atoms with Crippen LogP contribution in [-0.2, 0) is 9.59 Å². The minimum absolute atomic E-state index is 0.0195. The van der Waals surface area contributed by atoms with Gasteiger partial charge >= 0.3 is 6.36 Å². The maximum Gasteiger partial charge on any atom is 0.573 e. The van der Waals surface area contributed by atoms with Gasteiger partial charge in [0.25, 0.3) is 5.91 Å². The van der Waals surface area contributed by atoms with E-state index in [1.807, 2.05) is 36.1 Å². The number of likely N-dealkylation sites (tertiary alicyclic amines) is 2. The molecule has 2 amide bonds. The number of halogens is 3. The highest BCUT2D eigenvalue weighted by molar-refractivity contribution is 5.92. The third-order valence-corrected chi connectivity index (χ3v) is 6.97. The van der Waals surface area contributed by atoms with E-state index in [2.05, 4.69) is 4.74 Å². The molecule has 204 valence electrons. The van der Waals surface area contributed by atoms with E-state index < -0.39 is 6.36 Å². The molecule has 2 aromatic rings. The van der Waals surface area contributed by atoms with Crippen LogP contribution in [0.25, 0.3) is 6.08 Å². The van der Waals surface area contributed by atoms with Crippen LogP contribution in [-0.4, -0.2) is 67.4 Å². The summed E-state index contributed by atoms with van der Waals surface area (Å²) in [7, 11) is 0. The zero-order valence-electron chi connectivity index (χ0n) is 21.2. The van der Waals surface area contributed by atoms with Gasteiger partial charge < -0.3 is 24.0 Å². The van der Waals surface area contributed by atoms with Gasteiger partial charge in [0.05, 0.1) is 6.61 Å². The molecule has 0 saturated carbocycles. The molecule has 0 aliphatic carbocycles. The first-order chi connectivity index (χ1) is 18.2. The predicted molar refractivity (Wildman–Crippen MR) is 135 cm³/mol. The van der Waals surface area contributed by atoms with Gasteiger partial charge in [0.15, 0.2) is 6.61 Å². The zero-order chi connectivity index (χ0) is 27.2. The van der Waals surface area contributed by atoms with Crippen LogP contribution >= 0.6 is 0 Å². The molecule has 4 rings (SSSR count). The summed E-state index contributed by atoms with van der Waals surface area (Å²) in [4.78, 5) is 29.1. The molecule has 2 aliphatic rings. The Morgan fingerprint density at radius 1 is 0.921 bits per heavy atom. The summed E-state index contributed by atoms with van der Waals surface area (Å²) in [6, 6.07) is 12.5. The molecule has 2 aliphatic heterocycles. The highest BCUT2D eigenvalue weighted by Gasteiger charge is 2.42. The van der Waals surface area contributed by atoms with E-state index in [0.29, 0.717) is 32.8 Å². The van der Waals surface area contributed by atoms with Crippen molar-refractivity contribution in [2.45, 2.75) is 32.5 Å². The molecular weight excluding hydrogens is 501 g/mol. The third-order valence-electron chi connectivity index (χ3n) is 6.97. The average molecular weight is 533 g/mol. The normalized spacial score (nSPS) is 17.2. The number of hydrogen-bond acceptors (Lipinski definition) is 5. The van der Waals surface area contributed by atoms with E-state index in [-0.39, 0.29) is 35.3 Å². The van der Waals surface area contributed by atoms with E-state index in [1.54, 1.807) is 17.1 Å². The van der Waals surface area contributed by atoms with Crippen LogP contribution in [0.2, 0.25) is 0 Å². The number of rotatable bonds is 8. The molecule has 0 atom stereocenters. The molecule has 0 aromatic heterocycles. The first kappa shape index (κ1) is 27.3. The molecule has 2 heterocycles. The molecule has 0 unspecified atom stereocenters. The topological polar surface area (TPSA) is 68.3 Å². The second kappa shape index (κ2) is 11.8. The van der Waals surface area contributed by atoms with Crippen LogP contribution in [0.5, 0.6) is 17.2 Å². The molecule has 10 heteroatoms. The van der Waals surface area contributed by atoms with E-state index in [1.165, 1.54) is 12.1 Å².